The molecule has 0 bridgehead atoms. The summed E-state index contributed by atoms with van der Waals surface area (Å²) in [6.07, 6.45) is 0.934. The van der Waals surface area contributed by atoms with Gasteiger partial charge in [0.15, 0.2) is 0 Å². The van der Waals surface area contributed by atoms with E-state index >= 15 is 0 Å². The molecule has 0 aliphatic rings. The predicted octanol–water partition coefficient (Wildman–Crippen LogP) is 5.40. The molecule has 0 spiro atoms. The van der Waals surface area contributed by atoms with Gasteiger partial charge in [-0.15, -0.1) is 0 Å². The van der Waals surface area contributed by atoms with Crippen molar-refractivity contribution in [2.75, 3.05) is 7.11 Å². The molecule has 0 radical (unpaired) electrons. The number of carbonyl (C=O) groups is 1. The van der Waals surface area contributed by atoms with Gasteiger partial charge in [0.1, 0.15) is 5.75 Å². The summed E-state index contributed by atoms with van der Waals surface area (Å²) < 4.78 is 5.75. The Morgan fingerprint density at radius 3 is 1.83 bits per heavy atom. The van der Waals surface area contributed by atoms with Gasteiger partial charge in [0, 0.05) is 11.1 Å². The fourth-order valence-electron chi connectivity index (χ4n) is 3.45. The summed E-state index contributed by atoms with van der Waals surface area (Å²) in [5, 5.41) is 9.52. The molecule has 0 amide bonds. The monoisotopic (exact) mass is 320 g/mol. The zero-order valence-corrected chi connectivity index (χ0v) is 16.1. The molecule has 0 atom stereocenters. The summed E-state index contributed by atoms with van der Waals surface area (Å²) in [6.45, 7) is 17.2. The molecule has 0 unspecified atom stereocenters. The number of methoxy groups -OCH3 is 1. The highest BCUT2D eigenvalue weighted by atomic mass is 16.5. The third kappa shape index (κ3) is 4.73. The molecular formula is C20H32O3. The molecule has 1 rings (SSSR count). The maximum absolute atomic E-state index is 11.6. The van der Waals surface area contributed by atoms with Crippen LogP contribution in [0.5, 0.6) is 5.75 Å². The van der Waals surface area contributed by atoms with E-state index in [0.29, 0.717) is 5.56 Å². The number of hydrogen-bond acceptors (Lipinski definition) is 2. The summed E-state index contributed by atoms with van der Waals surface area (Å²) in [7, 11) is 1.67. The maximum Gasteiger partial charge on any atom is 0.335 e. The van der Waals surface area contributed by atoms with Crippen molar-refractivity contribution in [1.29, 1.82) is 0 Å². The van der Waals surface area contributed by atoms with Crippen molar-refractivity contribution in [3.8, 4) is 5.75 Å². The van der Waals surface area contributed by atoms with Crippen LogP contribution in [0.3, 0.4) is 0 Å². The Bertz CT molecular complexity index is 584. The molecule has 3 heteroatoms. The van der Waals surface area contributed by atoms with E-state index in [-0.39, 0.29) is 16.2 Å². The second kappa shape index (κ2) is 6.18. The predicted molar refractivity (Wildman–Crippen MR) is 95.8 cm³/mol. The quantitative estimate of drug-likeness (QED) is 0.807. The van der Waals surface area contributed by atoms with Gasteiger partial charge in [-0.05, 0) is 34.8 Å². The van der Waals surface area contributed by atoms with Gasteiger partial charge >= 0.3 is 5.97 Å². The van der Waals surface area contributed by atoms with Crippen LogP contribution in [0.2, 0.25) is 0 Å². The molecule has 0 aromatic heterocycles. The zero-order chi connectivity index (χ0) is 18.2. The Morgan fingerprint density at radius 2 is 1.48 bits per heavy atom. The molecule has 3 nitrogen and oxygen atoms in total. The Kier molecular flexibility index (Phi) is 5.25. The fraction of sp³-hybridized carbons (Fsp3) is 0.650. The van der Waals surface area contributed by atoms with Gasteiger partial charge in [0.05, 0.1) is 12.7 Å². The lowest BCUT2D eigenvalue weighted by Gasteiger charge is -2.36. The minimum absolute atomic E-state index is 0.135. The number of carboxylic acid groups (broad SMARTS) is 1. The molecule has 0 saturated heterocycles. The third-order valence-electron chi connectivity index (χ3n) is 4.05. The van der Waals surface area contributed by atoms with E-state index in [1.165, 1.54) is 0 Å². The normalized spacial score (nSPS) is 13.1. The molecular weight excluding hydrogens is 288 g/mol. The molecule has 130 valence electrons. The molecule has 0 aliphatic carbocycles. The highest BCUT2D eigenvalue weighted by molar-refractivity contribution is 5.89. The molecule has 1 aromatic carbocycles. The first-order chi connectivity index (χ1) is 10.2. The van der Waals surface area contributed by atoms with Gasteiger partial charge in [-0.2, -0.15) is 0 Å². The summed E-state index contributed by atoms with van der Waals surface area (Å²) >= 11 is 0. The Hall–Kier alpha value is -1.51. The van der Waals surface area contributed by atoms with Crippen molar-refractivity contribution in [3.63, 3.8) is 0 Å². The Morgan fingerprint density at radius 1 is 1.00 bits per heavy atom. The van der Waals surface area contributed by atoms with Crippen LogP contribution in [0.15, 0.2) is 12.1 Å². The van der Waals surface area contributed by atoms with Gasteiger partial charge in [-0.25, -0.2) is 4.79 Å². The van der Waals surface area contributed by atoms with Gasteiger partial charge in [-0.1, -0.05) is 55.4 Å². The Labute approximate surface area is 141 Å². The topological polar surface area (TPSA) is 46.5 Å². The van der Waals surface area contributed by atoms with Crippen molar-refractivity contribution in [1.82, 2.24) is 0 Å². The van der Waals surface area contributed by atoms with E-state index < -0.39 is 5.97 Å². The first kappa shape index (κ1) is 19.5. The molecule has 0 fully saturated rings. The number of rotatable bonds is 4. The van der Waals surface area contributed by atoms with Crippen molar-refractivity contribution < 1.29 is 14.6 Å². The van der Waals surface area contributed by atoms with Crippen molar-refractivity contribution in [2.45, 2.75) is 72.6 Å². The van der Waals surface area contributed by atoms with E-state index in [9.17, 15) is 9.90 Å². The largest absolute Gasteiger partial charge is 0.496 e. The molecule has 0 saturated carbocycles. The van der Waals surface area contributed by atoms with Crippen molar-refractivity contribution in [2.24, 2.45) is 5.41 Å². The highest BCUT2D eigenvalue weighted by Crippen LogP contribution is 2.44. The minimum atomic E-state index is -0.897. The fourth-order valence-corrected chi connectivity index (χ4v) is 3.45. The van der Waals surface area contributed by atoms with Crippen LogP contribution >= 0.6 is 0 Å². The molecule has 1 N–H and O–H groups in total. The van der Waals surface area contributed by atoms with Crippen molar-refractivity contribution >= 4 is 5.97 Å². The van der Waals surface area contributed by atoms with Crippen LogP contribution in [0.4, 0.5) is 0 Å². The first-order valence-electron chi connectivity index (χ1n) is 8.15. The van der Waals surface area contributed by atoms with Crippen LogP contribution in [0.1, 0.15) is 83.3 Å². The minimum Gasteiger partial charge on any atom is -0.496 e. The van der Waals surface area contributed by atoms with E-state index in [4.69, 9.17) is 4.74 Å². The van der Waals surface area contributed by atoms with E-state index in [2.05, 4.69) is 55.4 Å². The summed E-state index contributed by atoms with van der Waals surface area (Å²) in [6, 6.07) is 3.53. The van der Waals surface area contributed by atoms with Crippen LogP contribution in [0, 0.1) is 5.41 Å². The number of aromatic carboxylic acids is 1. The van der Waals surface area contributed by atoms with Gasteiger partial charge < -0.3 is 9.84 Å². The van der Waals surface area contributed by atoms with E-state index in [1.54, 1.807) is 19.2 Å². The maximum atomic E-state index is 11.6. The second-order valence-electron chi connectivity index (χ2n) is 9.28. The molecule has 0 heterocycles. The standard InChI is InChI=1S/C20H32O3/c1-18(2,3)12-20(7,8)15-11-13(17(21)22)10-14(16(15)23-9)19(4,5)6/h10-11H,12H2,1-9H3,(H,21,22). The number of carboxylic acids is 1. The number of hydrogen-bond donors (Lipinski definition) is 1. The lowest BCUT2D eigenvalue weighted by molar-refractivity contribution is 0.0696. The molecule has 0 aliphatic heterocycles. The SMILES string of the molecule is COc1c(C(C)(C)C)cc(C(=O)O)cc1C(C)(C)CC(C)(C)C. The van der Waals surface area contributed by atoms with Gasteiger partial charge in [0.2, 0.25) is 0 Å². The smallest absolute Gasteiger partial charge is 0.335 e. The lowest BCUT2D eigenvalue weighted by Crippen LogP contribution is -2.27. The number of ether oxygens (including phenoxy) is 1. The summed E-state index contributed by atoms with van der Waals surface area (Å²) in [5.41, 5.74) is 2.00. The van der Waals surface area contributed by atoms with Crippen LogP contribution < -0.4 is 4.74 Å². The lowest BCUT2D eigenvalue weighted by atomic mass is 9.70. The highest BCUT2D eigenvalue weighted by Gasteiger charge is 2.33. The van der Waals surface area contributed by atoms with Gasteiger partial charge in [0.25, 0.3) is 0 Å². The van der Waals surface area contributed by atoms with E-state index in [0.717, 1.165) is 23.3 Å². The third-order valence-corrected chi connectivity index (χ3v) is 4.05. The van der Waals surface area contributed by atoms with Crippen LogP contribution in [0.25, 0.3) is 0 Å². The summed E-state index contributed by atoms with van der Waals surface area (Å²) in [4.78, 5) is 11.6. The Balaban J connectivity index is 3.69. The average Bonchev–Trinajstić information content (AvgIpc) is 2.32. The van der Waals surface area contributed by atoms with E-state index in [1.807, 2.05) is 0 Å². The molecule has 1 aromatic rings. The van der Waals surface area contributed by atoms with Crippen LogP contribution in [-0.2, 0) is 10.8 Å². The average molecular weight is 320 g/mol. The molecule has 23 heavy (non-hydrogen) atoms. The van der Waals surface area contributed by atoms with Gasteiger partial charge in [-0.3, -0.25) is 0 Å². The van der Waals surface area contributed by atoms with Crippen LogP contribution in [-0.4, -0.2) is 18.2 Å². The summed E-state index contributed by atoms with van der Waals surface area (Å²) in [5.74, 6) is -0.0808. The zero-order valence-electron chi connectivity index (χ0n) is 16.1. The van der Waals surface area contributed by atoms with Crippen molar-refractivity contribution in [3.05, 3.63) is 28.8 Å². The number of benzene rings is 1. The second-order valence-corrected chi connectivity index (χ2v) is 9.28. The first-order valence-corrected chi connectivity index (χ1v) is 8.15.